The van der Waals surface area contributed by atoms with E-state index in [-0.39, 0.29) is 5.91 Å². The molecule has 7 heteroatoms. The zero-order valence-electron chi connectivity index (χ0n) is 14.6. The number of aromatic nitrogens is 5. The van der Waals surface area contributed by atoms with Crippen LogP contribution >= 0.6 is 0 Å². The van der Waals surface area contributed by atoms with Gasteiger partial charge >= 0.3 is 0 Å². The minimum Gasteiger partial charge on any atom is -0.290 e. The lowest BCUT2D eigenvalue weighted by Crippen LogP contribution is -2.16. The molecule has 2 aromatic carbocycles. The highest BCUT2D eigenvalue weighted by Crippen LogP contribution is 2.20. The van der Waals surface area contributed by atoms with Gasteiger partial charge in [-0.3, -0.25) is 10.1 Å². The molecule has 0 unspecified atom stereocenters. The molecule has 1 N–H and O–H groups in total. The lowest BCUT2D eigenvalue weighted by molar-refractivity contribution is 0.102. The summed E-state index contributed by atoms with van der Waals surface area (Å²) in [5.74, 6) is 0.483. The SMILES string of the molecule is Cc1ccccc1C(=O)Nc1nc(-c2ccncn2)nn1-c1ccccc1. The van der Waals surface area contributed by atoms with E-state index in [0.717, 1.165) is 11.3 Å². The molecule has 7 nitrogen and oxygen atoms in total. The number of aryl methyl sites for hydroxylation is 1. The molecule has 1 amide bonds. The molecule has 0 atom stereocenters. The Labute approximate surface area is 155 Å². The minimum absolute atomic E-state index is 0.244. The summed E-state index contributed by atoms with van der Waals surface area (Å²) in [6, 6.07) is 18.6. The van der Waals surface area contributed by atoms with Crippen LogP contribution in [0.2, 0.25) is 0 Å². The molecule has 0 spiro atoms. The maximum atomic E-state index is 12.7. The zero-order chi connectivity index (χ0) is 18.6. The van der Waals surface area contributed by atoms with Crippen molar-refractivity contribution in [2.45, 2.75) is 6.92 Å². The molecule has 2 aromatic heterocycles. The summed E-state index contributed by atoms with van der Waals surface area (Å²) in [5.41, 5.74) is 2.83. The molecule has 0 aliphatic heterocycles. The number of nitrogens with zero attached hydrogens (tertiary/aromatic N) is 5. The third kappa shape index (κ3) is 3.43. The number of hydrogen-bond acceptors (Lipinski definition) is 5. The zero-order valence-corrected chi connectivity index (χ0v) is 14.6. The van der Waals surface area contributed by atoms with Crippen LogP contribution in [-0.4, -0.2) is 30.6 Å². The van der Waals surface area contributed by atoms with E-state index in [2.05, 4.69) is 25.4 Å². The number of nitrogens with one attached hydrogen (secondary N) is 1. The fourth-order valence-corrected chi connectivity index (χ4v) is 2.67. The summed E-state index contributed by atoms with van der Waals surface area (Å²) >= 11 is 0. The summed E-state index contributed by atoms with van der Waals surface area (Å²) in [6.07, 6.45) is 3.06. The number of anilines is 1. The lowest BCUT2D eigenvalue weighted by Gasteiger charge is -2.08. The number of para-hydroxylation sites is 1. The Morgan fingerprint density at radius 2 is 1.78 bits per heavy atom. The monoisotopic (exact) mass is 356 g/mol. The van der Waals surface area contributed by atoms with Crippen LogP contribution in [0.3, 0.4) is 0 Å². The number of carbonyl (C=O) groups is 1. The summed E-state index contributed by atoms with van der Waals surface area (Å²) in [4.78, 5) is 25.3. The minimum atomic E-state index is -0.244. The topological polar surface area (TPSA) is 85.6 Å². The second-order valence-corrected chi connectivity index (χ2v) is 5.87. The fraction of sp³-hybridized carbons (Fsp3) is 0.0500. The smallest absolute Gasteiger partial charge is 0.258 e. The predicted octanol–water partition coefficient (Wildman–Crippen LogP) is 3.29. The van der Waals surface area contributed by atoms with Crippen LogP contribution in [0.4, 0.5) is 5.95 Å². The molecular weight excluding hydrogens is 340 g/mol. The summed E-state index contributed by atoms with van der Waals surface area (Å²) in [6.45, 7) is 1.89. The molecule has 27 heavy (non-hydrogen) atoms. The van der Waals surface area contributed by atoms with Gasteiger partial charge in [-0.1, -0.05) is 36.4 Å². The van der Waals surface area contributed by atoms with Gasteiger partial charge in [-0.2, -0.15) is 9.67 Å². The van der Waals surface area contributed by atoms with Gasteiger partial charge < -0.3 is 0 Å². The van der Waals surface area contributed by atoms with Crippen LogP contribution in [0.1, 0.15) is 15.9 Å². The molecule has 0 bridgehead atoms. The fourth-order valence-electron chi connectivity index (χ4n) is 2.67. The Morgan fingerprint density at radius 3 is 2.52 bits per heavy atom. The van der Waals surface area contributed by atoms with Crippen LogP contribution in [0, 0.1) is 6.92 Å². The van der Waals surface area contributed by atoms with E-state index >= 15 is 0 Å². The van der Waals surface area contributed by atoms with E-state index in [4.69, 9.17) is 0 Å². The third-order valence-corrected chi connectivity index (χ3v) is 4.03. The van der Waals surface area contributed by atoms with Crippen molar-refractivity contribution in [3.05, 3.63) is 84.3 Å². The van der Waals surface area contributed by atoms with Crippen LogP contribution in [0.5, 0.6) is 0 Å². The van der Waals surface area contributed by atoms with Crippen LogP contribution in [0.25, 0.3) is 17.2 Å². The molecule has 132 valence electrons. The first-order chi connectivity index (χ1) is 13.2. The highest BCUT2D eigenvalue weighted by Gasteiger charge is 2.17. The maximum Gasteiger partial charge on any atom is 0.258 e. The first-order valence-electron chi connectivity index (χ1n) is 8.38. The van der Waals surface area contributed by atoms with Crippen molar-refractivity contribution in [1.29, 1.82) is 0 Å². The quantitative estimate of drug-likeness (QED) is 0.606. The Kier molecular flexibility index (Phi) is 4.40. The van der Waals surface area contributed by atoms with Crippen molar-refractivity contribution in [2.24, 2.45) is 0 Å². The molecule has 0 saturated carbocycles. The molecule has 0 aliphatic rings. The second kappa shape index (κ2) is 7.17. The first-order valence-corrected chi connectivity index (χ1v) is 8.38. The molecule has 4 rings (SSSR count). The third-order valence-electron chi connectivity index (χ3n) is 4.03. The molecular formula is C20H16N6O. The lowest BCUT2D eigenvalue weighted by atomic mass is 10.1. The number of hydrogen-bond donors (Lipinski definition) is 1. The van der Waals surface area contributed by atoms with E-state index in [9.17, 15) is 4.79 Å². The molecule has 0 radical (unpaired) electrons. The molecule has 4 aromatic rings. The summed E-state index contributed by atoms with van der Waals surface area (Å²) < 4.78 is 1.59. The van der Waals surface area contributed by atoms with Crippen molar-refractivity contribution in [3.8, 4) is 17.2 Å². The van der Waals surface area contributed by atoms with Crippen LogP contribution < -0.4 is 5.32 Å². The highest BCUT2D eigenvalue weighted by molar-refractivity contribution is 6.04. The highest BCUT2D eigenvalue weighted by atomic mass is 16.1. The Hall–Kier alpha value is -3.87. The van der Waals surface area contributed by atoms with Gasteiger partial charge in [0.15, 0.2) is 0 Å². The van der Waals surface area contributed by atoms with Crippen LogP contribution in [-0.2, 0) is 0 Å². The molecule has 2 heterocycles. The van der Waals surface area contributed by atoms with Gasteiger partial charge in [0.1, 0.15) is 12.0 Å². The van der Waals surface area contributed by atoms with Gasteiger partial charge in [0.05, 0.1) is 5.69 Å². The second-order valence-electron chi connectivity index (χ2n) is 5.87. The van der Waals surface area contributed by atoms with Crippen molar-refractivity contribution < 1.29 is 4.79 Å². The Morgan fingerprint density at radius 1 is 1.00 bits per heavy atom. The van der Waals surface area contributed by atoms with Crippen LogP contribution in [0.15, 0.2) is 73.2 Å². The van der Waals surface area contributed by atoms with E-state index < -0.39 is 0 Å². The number of benzene rings is 2. The summed E-state index contributed by atoms with van der Waals surface area (Å²) in [5, 5.41) is 7.38. The van der Waals surface area contributed by atoms with E-state index in [1.165, 1.54) is 6.33 Å². The van der Waals surface area contributed by atoms with Crippen molar-refractivity contribution in [1.82, 2.24) is 24.7 Å². The molecule has 0 saturated heterocycles. The normalized spacial score (nSPS) is 10.6. The number of rotatable bonds is 4. The number of carbonyl (C=O) groups excluding carboxylic acids is 1. The van der Waals surface area contributed by atoms with Crippen molar-refractivity contribution in [3.63, 3.8) is 0 Å². The molecule has 0 fully saturated rings. The van der Waals surface area contributed by atoms with Gasteiger partial charge in [0.25, 0.3) is 5.91 Å². The average Bonchev–Trinajstić information content (AvgIpc) is 3.13. The van der Waals surface area contributed by atoms with E-state index in [1.807, 2.05) is 55.5 Å². The Balaban J connectivity index is 1.76. The standard InChI is InChI=1S/C20H16N6O/c1-14-7-5-6-10-16(14)19(27)24-20-23-18(17-11-12-21-13-22-17)25-26(20)15-8-3-2-4-9-15/h2-13H,1H3,(H,23,24,25,27). The van der Waals surface area contributed by atoms with E-state index in [1.54, 1.807) is 23.0 Å². The van der Waals surface area contributed by atoms with Crippen molar-refractivity contribution in [2.75, 3.05) is 5.32 Å². The first kappa shape index (κ1) is 16.6. The Bertz CT molecular complexity index is 1080. The molecule has 0 aliphatic carbocycles. The van der Waals surface area contributed by atoms with Gasteiger partial charge in [-0.25, -0.2) is 9.97 Å². The maximum absolute atomic E-state index is 12.7. The van der Waals surface area contributed by atoms with Crippen molar-refractivity contribution >= 4 is 11.9 Å². The van der Waals surface area contributed by atoms with E-state index in [0.29, 0.717) is 23.0 Å². The van der Waals surface area contributed by atoms with Gasteiger partial charge in [0, 0.05) is 11.8 Å². The summed E-state index contributed by atoms with van der Waals surface area (Å²) in [7, 11) is 0. The predicted molar refractivity (Wildman–Crippen MR) is 102 cm³/mol. The number of amides is 1. The van der Waals surface area contributed by atoms with Gasteiger partial charge in [0.2, 0.25) is 11.8 Å². The average molecular weight is 356 g/mol. The van der Waals surface area contributed by atoms with Gasteiger partial charge in [-0.15, -0.1) is 5.10 Å². The largest absolute Gasteiger partial charge is 0.290 e. The van der Waals surface area contributed by atoms with Gasteiger partial charge in [-0.05, 0) is 36.8 Å².